The molecule has 4 rings (SSSR count). The number of thiophene rings is 1. The second-order valence-corrected chi connectivity index (χ2v) is 8.33. The van der Waals surface area contributed by atoms with Gasteiger partial charge in [-0.05, 0) is 37.1 Å². The van der Waals surface area contributed by atoms with Gasteiger partial charge in [0.25, 0.3) is 0 Å². The maximum atomic E-state index is 5.50. The minimum absolute atomic E-state index is 0.703. The number of morpholine rings is 1. The van der Waals surface area contributed by atoms with E-state index < -0.39 is 0 Å². The Labute approximate surface area is 155 Å². The normalized spacial score (nSPS) is 23.0. The average Bonchev–Trinajstić information content (AvgIpc) is 3.14. The van der Waals surface area contributed by atoms with Crippen LogP contribution >= 0.6 is 11.3 Å². The van der Waals surface area contributed by atoms with E-state index in [1.165, 1.54) is 47.7 Å². The molecule has 2 saturated heterocycles. The van der Waals surface area contributed by atoms with Gasteiger partial charge in [-0.2, -0.15) is 0 Å². The van der Waals surface area contributed by atoms with Crippen LogP contribution < -0.4 is 0 Å². The summed E-state index contributed by atoms with van der Waals surface area (Å²) in [6.45, 7) is 7.56. The van der Waals surface area contributed by atoms with Crippen molar-refractivity contribution in [1.82, 2.24) is 9.80 Å². The standard InChI is InChI=1S/C21H28N2OS/c1-2-6-18(7-3-1)21-10-9-20(25-21)17-23-11-5-4-8-19(23)16-22-12-14-24-15-13-22/h1-3,6-7,9-10,19H,4-5,8,11-17H2/t19-/m0/s1. The highest BCUT2D eigenvalue weighted by molar-refractivity contribution is 7.15. The third-order valence-electron chi connectivity index (χ3n) is 5.40. The molecule has 0 bridgehead atoms. The molecule has 0 radical (unpaired) electrons. The zero-order valence-corrected chi connectivity index (χ0v) is 15.7. The molecule has 1 aromatic carbocycles. The molecule has 0 amide bonds. The van der Waals surface area contributed by atoms with E-state index in [1.807, 2.05) is 11.3 Å². The largest absolute Gasteiger partial charge is 0.379 e. The summed E-state index contributed by atoms with van der Waals surface area (Å²) in [5.41, 5.74) is 1.34. The minimum Gasteiger partial charge on any atom is -0.379 e. The predicted molar refractivity (Wildman–Crippen MR) is 105 cm³/mol. The first-order valence-electron chi connectivity index (χ1n) is 9.57. The summed E-state index contributed by atoms with van der Waals surface area (Å²) in [6, 6.07) is 16.1. The van der Waals surface area contributed by atoms with Crippen molar-refractivity contribution in [2.75, 3.05) is 39.4 Å². The van der Waals surface area contributed by atoms with Gasteiger partial charge in [-0.3, -0.25) is 9.80 Å². The van der Waals surface area contributed by atoms with Crippen molar-refractivity contribution in [3.63, 3.8) is 0 Å². The van der Waals surface area contributed by atoms with Crippen LogP contribution in [0.25, 0.3) is 10.4 Å². The molecule has 1 atom stereocenters. The molecule has 2 aliphatic rings. The summed E-state index contributed by atoms with van der Waals surface area (Å²) in [5.74, 6) is 0. The van der Waals surface area contributed by atoms with E-state index in [0.29, 0.717) is 6.04 Å². The van der Waals surface area contributed by atoms with E-state index in [-0.39, 0.29) is 0 Å². The van der Waals surface area contributed by atoms with Crippen molar-refractivity contribution >= 4 is 11.3 Å². The summed E-state index contributed by atoms with van der Waals surface area (Å²) in [4.78, 5) is 8.20. The van der Waals surface area contributed by atoms with E-state index in [1.54, 1.807) is 0 Å². The van der Waals surface area contributed by atoms with Crippen molar-refractivity contribution in [2.45, 2.75) is 31.8 Å². The molecule has 0 unspecified atom stereocenters. The summed E-state index contributed by atoms with van der Waals surface area (Å²) in [6.07, 6.45) is 4.07. The number of ether oxygens (including phenoxy) is 1. The molecule has 0 spiro atoms. The van der Waals surface area contributed by atoms with Crippen LogP contribution in [0.1, 0.15) is 24.1 Å². The Morgan fingerprint density at radius 2 is 1.80 bits per heavy atom. The molecule has 2 fully saturated rings. The van der Waals surface area contributed by atoms with Gasteiger partial charge in [0.15, 0.2) is 0 Å². The van der Waals surface area contributed by atoms with Crippen molar-refractivity contribution in [3.05, 3.63) is 47.3 Å². The topological polar surface area (TPSA) is 15.7 Å². The number of hydrogen-bond donors (Lipinski definition) is 0. The van der Waals surface area contributed by atoms with Crippen LogP contribution in [0.2, 0.25) is 0 Å². The predicted octanol–water partition coefficient (Wildman–Crippen LogP) is 4.10. The molecule has 0 N–H and O–H groups in total. The fourth-order valence-corrected chi connectivity index (χ4v) is 5.02. The van der Waals surface area contributed by atoms with Gasteiger partial charge in [0.1, 0.15) is 0 Å². The van der Waals surface area contributed by atoms with Crippen LogP contribution in [0.3, 0.4) is 0 Å². The lowest BCUT2D eigenvalue weighted by Crippen LogP contribution is -2.48. The van der Waals surface area contributed by atoms with Crippen molar-refractivity contribution in [3.8, 4) is 10.4 Å². The molecule has 1 aromatic heterocycles. The smallest absolute Gasteiger partial charge is 0.0594 e. The number of piperidine rings is 1. The quantitative estimate of drug-likeness (QED) is 0.802. The maximum Gasteiger partial charge on any atom is 0.0594 e. The fourth-order valence-electron chi connectivity index (χ4n) is 3.98. The highest BCUT2D eigenvalue weighted by Gasteiger charge is 2.25. The molecular formula is C21H28N2OS. The molecule has 134 valence electrons. The zero-order chi connectivity index (χ0) is 16.9. The molecule has 2 aliphatic heterocycles. The van der Waals surface area contributed by atoms with E-state index in [0.717, 1.165) is 32.8 Å². The molecule has 3 heterocycles. The molecule has 2 aromatic rings. The van der Waals surface area contributed by atoms with Gasteiger partial charge in [0.2, 0.25) is 0 Å². The van der Waals surface area contributed by atoms with Gasteiger partial charge in [0.05, 0.1) is 13.2 Å². The first-order chi connectivity index (χ1) is 12.4. The van der Waals surface area contributed by atoms with E-state index in [2.05, 4.69) is 52.3 Å². The molecule has 4 heteroatoms. The Kier molecular flexibility index (Phi) is 5.83. The van der Waals surface area contributed by atoms with Crippen molar-refractivity contribution < 1.29 is 4.74 Å². The summed E-state index contributed by atoms with van der Waals surface area (Å²) >= 11 is 1.95. The summed E-state index contributed by atoms with van der Waals surface area (Å²) in [5, 5.41) is 0. The van der Waals surface area contributed by atoms with E-state index in [4.69, 9.17) is 4.74 Å². The third-order valence-corrected chi connectivity index (χ3v) is 6.52. The molecule has 25 heavy (non-hydrogen) atoms. The molecule has 0 saturated carbocycles. The van der Waals surface area contributed by atoms with Crippen LogP contribution in [-0.2, 0) is 11.3 Å². The summed E-state index contributed by atoms with van der Waals surface area (Å²) in [7, 11) is 0. The number of nitrogens with zero attached hydrogens (tertiary/aromatic N) is 2. The first kappa shape index (κ1) is 17.2. The Hall–Kier alpha value is -1.20. The van der Waals surface area contributed by atoms with Crippen LogP contribution in [0, 0.1) is 0 Å². The van der Waals surface area contributed by atoms with Crippen LogP contribution in [-0.4, -0.2) is 55.2 Å². The monoisotopic (exact) mass is 356 g/mol. The van der Waals surface area contributed by atoms with Gasteiger partial charge < -0.3 is 4.74 Å². The second-order valence-electron chi connectivity index (χ2n) is 7.17. The lowest BCUT2D eigenvalue weighted by molar-refractivity contribution is 0.0155. The van der Waals surface area contributed by atoms with E-state index >= 15 is 0 Å². The molecular weight excluding hydrogens is 328 g/mol. The Bertz CT molecular complexity index is 651. The Morgan fingerprint density at radius 3 is 2.64 bits per heavy atom. The van der Waals surface area contributed by atoms with Crippen molar-refractivity contribution in [1.29, 1.82) is 0 Å². The Morgan fingerprint density at radius 1 is 0.960 bits per heavy atom. The highest BCUT2D eigenvalue weighted by Crippen LogP contribution is 2.30. The SMILES string of the molecule is c1ccc(-c2ccc(CN3CCCC[C@H]3CN3CCOCC3)s2)cc1. The third kappa shape index (κ3) is 4.50. The van der Waals surface area contributed by atoms with Crippen LogP contribution in [0.4, 0.5) is 0 Å². The van der Waals surface area contributed by atoms with E-state index in [9.17, 15) is 0 Å². The number of benzene rings is 1. The lowest BCUT2D eigenvalue weighted by atomic mass is 10.0. The van der Waals surface area contributed by atoms with Gasteiger partial charge in [-0.1, -0.05) is 36.8 Å². The number of likely N-dealkylation sites (tertiary alicyclic amines) is 1. The fraction of sp³-hybridized carbons (Fsp3) is 0.524. The minimum atomic E-state index is 0.703. The van der Waals surface area contributed by atoms with Gasteiger partial charge >= 0.3 is 0 Å². The Balaban J connectivity index is 1.40. The first-order valence-corrected chi connectivity index (χ1v) is 10.4. The highest BCUT2D eigenvalue weighted by atomic mass is 32.1. The second kappa shape index (κ2) is 8.45. The maximum absolute atomic E-state index is 5.50. The van der Waals surface area contributed by atoms with Crippen LogP contribution in [0.15, 0.2) is 42.5 Å². The average molecular weight is 357 g/mol. The van der Waals surface area contributed by atoms with Crippen LogP contribution in [0.5, 0.6) is 0 Å². The molecule has 0 aliphatic carbocycles. The van der Waals surface area contributed by atoms with Gasteiger partial charge in [-0.15, -0.1) is 11.3 Å². The lowest BCUT2D eigenvalue weighted by Gasteiger charge is -2.39. The van der Waals surface area contributed by atoms with Gasteiger partial charge in [-0.25, -0.2) is 0 Å². The zero-order valence-electron chi connectivity index (χ0n) is 14.9. The number of hydrogen-bond acceptors (Lipinski definition) is 4. The summed E-state index contributed by atoms with van der Waals surface area (Å²) < 4.78 is 5.50. The van der Waals surface area contributed by atoms with Crippen molar-refractivity contribution in [2.24, 2.45) is 0 Å². The number of rotatable bonds is 5. The van der Waals surface area contributed by atoms with Gasteiger partial charge in [0, 0.05) is 42.0 Å². The molecule has 3 nitrogen and oxygen atoms in total.